The van der Waals surface area contributed by atoms with Gasteiger partial charge in [-0.25, -0.2) is 0 Å². The summed E-state index contributed by atoms with van der Waals surface area (Å²) in [7, 11) is 0. The van der Waals surface area contributed by atoms with Gasteiger partial charge in [0.15, 0.2) is 0 Å². The third kappa shape index (κ3) is 3.37. The predicted molar refractivity (Wildman–Crippen MR) is 78.1 cm³/mol. The molecule has 0 heterocycles. The van der Waals surface area contributed by atoms with Gasteiger partial charge in [-0.3, -0.25) is 10.1 Å². The molecule has 2 rings (SSSR count). The van der Waals surface area contributed by atoms with Crippen LogP contribution in [-0.4, -0.2) is 4.92 Å². The molecule has 0 aliphatic carbocycles. The Kier molecular flexibility index (Phi) is 4.19. The molecule has 0 unspecified atom stereocenters. The van der Waals surface area contributed by atoms with E-state index in [2.05, 4.69) is 6.07 Å². The van der Waals surface area contributed by atoms with Gasteiger partial charge in [0.2, 0.25) is 0 Å². The van der Waals surface area contributed by atoms with Crippen molar-refractivity contribution in [2.75, 3.05) is 0 Å². The summed E-state index contributed by atoms with van der Waals surface area (Å²) in [5, 5.41) is 19.6. The van der Waals surface area contributed by atoms with Crippen molar-refractivity contribution < 1.29 is 9.66 Å². The Morgan fingerprint density at radius 2 is 1.95 bits per heavy atom. The Morgan fingerprint density at radius 1 is 1.19 bits per heavy atom. The van der Waals surface area contributed by atoms with Crippen LogP contribution in [0.1, 0.15) is 22.3 Å². The van der Waals surface area contributed by atoms with Crippen molar-refractivity contribution >= 4 is 5.69 Å². The molecule has 5 heteroatoms. The second-order valence-electron chi connectivity index (χ2n) is 4.75. The number of nitro groups is 1. The van der Waals surface area contributed by atoms with E-state index in [0.717, 1.165) is 11.1 Å². The normalized spacial score (nSPS) is 9.95. The zero-order valence-electron chi connectivity index (χ0n) is 11.8. The van der Waals surface area contributed by atoms with E-state index in [9.17, 15) is 10.1 Å². The van der Waals surface area contributed by atoms with Crippen LogP contribution in [0.4, 0.5) is 5.69 Å². The Hall–Kier alpha value is -2.87. The topological polar surface area (TPSA) is 76.2 Å². The minimum absolute atomic E-state index is 0.0805. The van der Waals surface area contributed by atoms with Gasteiger partial charge in [-0.15, -0.1) is 0 Å². The number of ether oxygens (including phenoxy) is 1. The number of aryl methyl sites for hydroxylation is 2. The minimum Gasteiger partial charge on any atom is -0.489 e. The molecule has 0 aliphatic heterocycles. The highest BCUT2D eigenvalue weighted by molar-refractivity contribution is 5.44. The maximum absolute atomic E-state index is 10.8. The fourth-order valence-electron chi connectivity index (χ4n) is 2.01. The van der Waals surface area contributed by atoms with Gasteiger partial charge in [-0.05, 0) is 49.2 Å². The fourth-order valence-corrected chi connectivity index (χ4v) is 2.01. The molecule has 2 aromatic rings. The number of nitrogens with zero attached hydrogens (tertiary/aromatic N) is 2. The summed E-state index contributed by atoms with van der Waals surface area (Å²) < 4.78 is 5.66. The molecule has 0 saturated heterocycles. The Balaban J connectivity index is 2.12. The fraction of sp³-hybridized carbons (Fsp3) is 0.188. The Morgan fingerprint density at radius 3 is 2.52 bits per heavy atom. The molecule has 0 N–H and O–H groups in total. The molecule has 0 bridgehead atoms. The zero-order chi connectivity index (χ0) is 15.4. The first-order chi connectivity index (χ1) is 10.0. The van der Waals surface area contributed by atoms with E-state index in [1.807, 2.05) is 13.0 Å². The lowest BCUT2D eigenvalue weighted by Gasteiger charge is -2.09. The summed E-state index contributed by atoms with van der Waals surface area (Å²) in [5.74, 6) is 0.585. The number of nitriles is 1. The molecule has 0 spiro atoms. The van der Waals surface area contributed by atoms with E-state index in [1.54, 1.807) is 31.2 Å². The van der Waals surface area contributed by atoms with E-state index in [0.29, 0.717) is 23.5 Å². The first-order valence-electron chi connectivity index (χ1n) is 6.38. The SMILES string of the molecule is Cc1cc(C#N)ccc1COc1ccc([N+](=O)[O-])c(C)c1. The zero-order valence-corrected chi connectivity index (χ0v) is 11.8. The van der Waals surface area contributed by atoms with Crippen LogP contribution in [0.3, 0.4) is 0 Å². The van der Waals surface area contributed by atoms with Gasteiger partial charge < -0.3 is 4.74 Å². The number of hydrogen-bond acceptors (Lipinski definition) is 4. The molecule has 0 fully saturated rings. The van der Waals surface area contributed by atoms with E-state index in [1.165, 1.54) is 6.07 Å². The lowest BCUT2D eigenvalue weighted by atomic mass is 10.1. The molecule has 0 saturated carbocycles. The molecule has 2 aromatic carbocycles. The summed E-state index contributed by atoms with van der Waals surface area (Å²) >= 11 is 0. The van der Waals surface area contributed by atoms with Crippen LogP contribution in [0.25, 0.3) is 0 Å². The predicted octanol–water partition coefficient (Wildman–Crippen LogP) is 3.66. The molecule has 0 amide bonds. The van der Waals surface area contributed by atoms with E-state index in [4.69, 9.17) is 10.00 Å². The van der Waals surface area contributed by atoms with Crippen molar-refractivity contribution in [1.29, 1.82) is 5.26 Å². The molecular weight excluding hydrogens is 268 g/mol. The lowest BCUT2D eigenvalue weighted by Crippen LogP contribution is -1.99. The summed E-state index contributed by atoms with van der Waals surface area (Å²) in [6, 6.07) is 12.2. The van der Waals surface area contributed by atoms with Gasteiger partial charge in [0, 0.05) is 11.6 Å². The molecule has 5 nitrogen and oxygen atoms in total. The Labute approximate surface area is 122 Å². The Bertz CT molecular complexity index is 733. The summed E-state index contributed by atoms with van der Waals surface area (Å²) in [4.78, 5) is 10.3. The average Bonchev–Trinajstić information content (AvgIpc) is 2.45. The van der Waals surface area contributed by atoms with Gasteiger partial charge in [-0.2, -0.15) is 5.26 Å². The number of benzene rings is 2. The van der Waals surface area contributed by atoms with Crippen LogP contribution in [0.2, 0.25) is 0 Å². The largest absolute Gasteiger partial charge is 0.489 e. The highest BCUT2D eigenvalue weighted by Crippen LogP contribution is 2.24. The van der Waals surface area contributed by atoms with Crippen LogP contribution in [0, 0.1) is 35.3 Å². The maximum Gasteiger partial charge on any atom is 0.272 e. The van der Waals surface area contributed by atoms with Crippen molar-refractivity contribution in [3.63, 3.8) is 0 Å². The maximum atomic E-state index is 10.8. The molecule has 0 aliphatic rings. The highest BCUT2D eigenvalue weighted by Gasteiger charge is 2.11. The van der Waals surface area contributed by atoms with Crippen LogP contribution >= 0.6 is 0 Å². The molecule has 106 valence electrons. The number of rotatable bonds is 4. The van der Waals surface area contributed by atoms with Crippen LogP contribution in [0.15, 0.2) is 36.4 Å². The van der Waals surface area contributed by atoms with Gasteiger partial charge in [0.25, 0.3) is 5.69 Å². The highest BCUT2D eigenvalue weighted by atomic mass is 16.6. The monoisotopic (exact) mass is 282 g/mol. The second kappa shape index (κ2) is 6.06. The summed E-state index contributed by atoms with van der Waals surface area (Å²) in [6.45, 7) is 3.95. The van der Waals surface area contributed by atoms with Gasteiger partial charge >= 0.3 is 0 Å². The molecular formula is C16H14N2O3. The first-order valence-corrected chi connectivity index (χ1v) is 6.38. The third-order valence-electron chi connectivity index (χ3n) is 3.23. The summed E-state index contributed by atoms with van der Waals surface area (Å²) in [5.41, 5.74) is 3.21. The number of hydrogen-bond donors (Lipinski definition) is 0. The second-order valence-corrected chi connectivity index (χ2v) is 4.75. The van der Waals surface area contributed by atoms with Crippen molar-refractivity contribution in [1.82, 2.24) is 0 Å². The molecule has 0 atom stereocenters. The van der Waals surface area contributed by atoms with Crippen molar-refractivity contribution in [2.24, 2.45) is 0 Å². The lowest BCUT2D eigenvalue weighted by molar-refractivity contribution is -0.385. The molecule has 0 radical (unpaired) electrons. The van der Waals surface area contributed by atoms with E-state index >= 15 is 0 Å². The summed E-state index contributed by atoms with van der Waals surface area (Å²) in [6.07, 6.45) is 0. The van der Waals surface area contributed by atoms with Gasteiger partial charge in [0.05, 0.1) is 16.6 Å². The van der Waals surface area contributed by atoms with Crippen molar-refractivity contribution in [2.45, 2.75) is 20.5 Å². The van der Waals surface area contributed by atoms with Crippen LogP contribution in [0.5, 0.6) is 5.75 Å². The minimum atomic E-state index is -0.413. The van der Waals surface area contributed by atoms with E-state index < -0.39 is 4.92 Å². The number of nitro benzene ring substituents is 1. The smallest absolute Gasteiger partial charge is 0.272 e. The van der Waals surface area contributed by atoms with Crippen molar-refractivity contribution in [3.05, 3.63) is 68.8 Å². The third-order valence-corrected chi connectivity index (χ3v) is 3.23. The first kappa shape index (κ1) is 14.5. The average molecular weight is 282 g/mol. The van der Waals surface area contributed by atoms with Crippen molar-refractivity contribution in [3.8, 4) is 11.8 Å². The van der Waals surface area contributed by atoms with Crippen LogP contribution < -0.4 is 4.74 Å². The quantitative estimate of drug-likeness (QED) is 0.633. The van der Waals surface area contributed by atoms with Crippen LogP contribution in [-0.2, 0) is 6.61 Å². The molecule has 0 aromatic heterocycles. The van der Waals surface area contributed by atoms with Gasteiger partial charge in [-0.1, -0.05) is 6.07 Å². The molecule has 21 heavy (non-hydrogen) atoms. The van der Waals surface area contributed by atoms with E-state index in [-0.39, 0.29) is 5.69 Å². The van der Waals surface area contributed by atoms with Gasteiger partial charge in [0.1, 0.15) is 12.4 Å². The standard InChI is InChI=1S/C16H14N2O3/c1-11-7-13(9-17)3-4-14(11)10-21-15-5-6-16(18(19)20)12(2)8-15/h3-8H,10H2,1-2H3.